The van der Waals surface area contributed by atoms with E-state index in [0.717, 1.165) is 5.75 Å². The van der Waals surface area contributed by atoms with Gasteiger partial charge in [0.15, 0.2) is 0 Å². The van der Waals surface area contributed by atoms with Crippen LogP contribution in [0.1, 0.15) is 20.3 Å². The molecule has 102 valence electrons. The Balaban J connectivity index is 3.78. The number of hydrogen-bond donors (Lipinski definition) is 1. The quantitative estimate of drug-likeness (QED) is 0.635. The molecule has 0 bridgehead atoms. The van der Waals surface area contributed by atoms with Gasteiger partial charge in [-0.05, 0) is 11.7 Å². The van der Waals surface area contributed by atoms with Gasteiger partial charge in [-0.3, -0.25) is 9.52 Å². The van der Waals surface area contributed by atoms with Gasteiger partial charge in [-0.25, -0.2) is 8.42 Å². The van der Waals surface area contributed by atoms with E-state index in [0.29, 0.717) is 11.7 Å². The summed E-state index contributed by atoms with van der Waals surface area (Å²) in [6.45, 7) is 4.29. The minimum Gasteiger partial charge on any atom is -0.384 e. The molecule has 0 spiro atoms. The fraction of sp³-hybridized carbons (Fsp3) is 0.900. The molecule has 0 aliphatic rings. The van der Waals surface area contributed by atoms with Crippen molar-refractivity contribution in [3.05, 3.63) is 0 Å². The molecule has 7 heteroatoms. The molecule has 0 heterocycles. The first-order valence-corrected chi connectivity index (χ1v) is 8.28. The molecule has 0 aliphatic carbocycles. The topological polar surface area (TPSA) is 72.5 Å². The van der Waals surface area contributed by atoms with Crippen LogP contribution in [0.3, 0.4) is 0 Å². The van der Waals surface area contributed by atoms with Gasteiger partial charge in [-0.15, -0.1) is 0 Å². The number of methoxy groups -OCH3 is 1. The molecular weight excluding hydrogens is 262 g/mol. The Hall–Kier alpha value is -0.270. The molecule has 0 unspecified atom stereocenters. The lowest BCUT2D eigenvalue weighted by molar-refractivity contribution is -0.118. The van der Waals surface area contributed by atoms with Crippen LogP contribution in [0.2, 0.25) is 0 Å². The summed E-state index contributed by atoms with van der Waals surface area (Å²) >= 11 is 1.65. The molecule has 0 saturated heterocycles. The summed E-state index contributed by atoms with van der Waals surface area (Å²) in [5.41, 5.74) is 0. The van der Waals surface area contributed by atoms with Gasteiger partial charge >= 0.3 is 0 Å². The van der Waals surface area contributed by atoms with E-state index < -0.39 is 15.9 Å². The van der Waals surface area contributed by atoms with Gasteiger partial charge in [0.25, 0.3) is 0 Å². The van der Waals surface area contributed by atoms with Crippen LogP contribution in [0.5, 0.6) is 0 Å². The van der Waals surface area contributed by atoms with Crippen molar-refractivity contribution in [3.8, 4) is 0 Å². The summed E-state index contributed by atoms with van der Waals surface area (Å²) in [6.07, 6.45) is 0.226. The summed E-state index contributed by atoms with van der Waals surface area (Å²) in [5, 5.41) is 0. The molecule has 0 rings (SSSR count). The average Bonchev–Trinajstić information content (AvgIpc) is 2.21. The Morgan fingerprint density at radius 1 is 1.41 bits per heavy atom. The number of rotatable bonds is 9. The second kappa shape index (κ2) is 8.77. The molecule has 1 N–H and O–H groups in total. The highest BCUT2D eigenvalue weighted by Crippen LogP contribution is 2.08. The van der Waals surface area contributed by atoms with Gasteiger partial charge in [0.2, 0.25) is 15.9 Å². The number of amides is 1. The van der Waals surface area contributed by atoms with E-state index in [-0.39, 0.29) is 18.8 Å². The second-order valence-corrected chi connectivity index (χ2v) is 7.05. The first-order valence-electron chi connectivity index (χ1n) is 5.47. The molecule has 0 aromatic carbocycles. The van der Waals surface area contributed by atoms with Gasteiger partial charge in [-0.2, -0.15) is 11.8 Å². The monoisotopic (exact) mass is 283 g/mol. The summed E-state index contributed by atoms with van der Waals surface area (Å²) in [6, 6.07) is 0. The molecule has 0 aliphatic heterocycles. The van der Waals surface area contributed by atoms with Crippen LogP contribution in [0.25, 0.3) is 0 Å². The van der Waals surface area contributed by atoms with Crippen molar-refractivity contribution in [3.63, 3.8) is 0 Å². The van der Waals surface area contributed by atoms with Gasteiger partial charge in [0.1, 0.15) is 0 Å². The third-order valence-electron chi connectivity index (χ3n) is 1.75. The van der Waals surface area contributed by atoms with E-state index in [1.165, 1.54) is 7.11 Å². The first kappa shape index (κ1) is 16.7. The standard InChI is InChI=1S/C10H21NO4S2/c1-9(2)8-16-6-4-10(12)11-17(13,14)7-5-15-3/h9H,4-8H2,1-3H3,(H,11,12). The lowest BCUT2D eigenvalue weighted by Crippen LogP contribution is -2.33. The van der Waals surface area contributed by atoms with Crippen LogP contribution in [-0.4, -0.2) is 45.3 Å². The Morgan fingerprint density at radius 2 is 2.06 bits per heavy atom. The molecule has 0 aromatic rings. The maximum absolute atomic E-state index is 11.3. The van der Waals surface area contributed by atoms with Gasteiger partial charge in [0.05, 0.1) is 12.4 Å². The highest BCUT2D eigenvalue weighted by molar-refractivity contribution is 7.99. The van der Waals surface area contributed by atoms with Gasteiger partial charge < -0.3 is 4.74 Å². The summed E-state index contributed by atoms with van der Waals surface area (Å²) in [5.74, 6) is 1.56. The Morgan fingerprint density at radius 3 is 2.59 bits per heavy atom. The Bertz CT molecular complexity index is 314. The lowest BCUT2D eigenvalue weighted by atomic mass is 10.3. The Kier molecular flexibility index (Phi) is 8.63. The van der Waals surface area contributed by atoms with Gasteiger partial charge in [0, 0.05) is 19.3 Å². The molecule has 0 fully saturated rings. The van der Waals surface area contributed by atoms with Crippen LogP contribution in [0.15, 0.2) is 0 Å². The number of thioether (sulfide) groups is 1. The number of carbonyl (C=O) groups is 1. The third kappa shape index (κ3) is 10.6. The highest BCUT2D eigenvalue weighted by atomic mass is 32.2. The smallest absolute Gasteiger partial charge is 0.237 e. The van der Waals surface area contributed by atoms with Crippen LogP contribution >= 0.6 is 11.8 Å². The normalized spacial score (nSPS) is 11.8. The number of hydrogen-bond acceptors (Lipinski definition) is 5. The molecular formula is C10H21NO4S2. The van der Waals surface area contributed by atoms with Gasteiger partial charge in [-0.1, -0.05) is 13.8 Å². The highest BCUT2D eigenvalue weighted by Gasteiger charge is 2.13. The lowest BCUT2D eigenvalue weighted by Gasteiger charge is -2.07. The zero-order chi connectivity index (χ0) is 13.3. The van der Waals surface area contributed by atoms with Crippen LogP contribution < -0.4 is 4.72 Å². The third-order valence-corrected chi connectivity index (χ3v) is 4.39. The van der Waals surface area contributed by atoms with E-state index in [9.17, 15) is 13.2 Å². The van der Waals surface area contributed by atoms with Crippen molar-refractivity contribution in [2.24, 2.45) is 5.92 Å². The van der Waals surface area contributed by atoms with Crippen LogP contribution in [0.4, 0.5) is 0 Å². The first-order chi connectivity index (χ1) is 7.87. The summed E-state index contributed by atoms with van der Waals surface area (Å²) in [7, 11) is -2.11. The summed E-state index contributed by atoms with van der Waals surface area (Å²) < 4.78 is 29.3. The van der Waals surface area contributed by atoms with Crippen LogP contribution in [0, 0.1) is 5.92 Å². The van der Waals surface area contributed by atoms with Crippen molar-refractivity contribution in [1.82, 2.24) is 4.72 Å². The second-order valence-electron chi connectivity index (χ2n) is 4.06. The van der Waals surface area contributed by atoms with Crippen molar-refractivity contribution < 1.29 is 17.9 Å². The number of nitrogens with one attached hydrogen (secondary N) is 1. The molecule has 1 amide bonds. The largest absolute Gasteiger partial charge is 0.384 e. The molecule has 0 atom stereocenters. The molecule has 0 radical (unpaired) electrons. The fourth-order valence-electron chi connectivity index (χ4n) is 0.952. The average molecular weight is 283 g/mol. The van der Waals surface area contributed by atoms with Crippen molar-refractivity contribution >= 4 is 27.7 Å². The molecule has 0 aromatic heterocycles. The summed E-state index contributed by atoms with van der Waals surface area (Å²) in [4.78, 5) is 11.3. The van der Waals surface area contributed by atoms with E-state index in [1.807, 2.05) is 4.72 Å². The number of carbonyl (C=O) groups excluding carboxylic acids is 1. The maximum atomic E-state index is 11.3. The molecule has 5 nitrogen and oxygen atoms in total. The van der Waals surface area contributed by atoms with Crippen molar-refractivity contribution in [2.75, 3.05) is 31.0 Å². The minimum absolute atomic E-state index is 0.0880. The van der Waals surface area contributed by atoms with Crippen molar-refractivity contribution in [1.29, 1.82) is 0 Å². The fourth-order valence-corrected chi connectivity index (χ4v) is 2.86. The Labute approximate surface area is 108 Å². The van der Waals surface area contributed by atoms with Crippen molar-refractivity contribution in [2.45, 2.75) is 20.3 Å². The van der Waals surface area contributed by atoms with E-state index in [1.54, 1.807) is 11.8 Å². The SMILES string of the molecule is COCCS(=O)(=O)NC(=O)CCSCC(C)C. The predicted molar refractivity (Wildman–Crippen MR) is 70.6 cm³/mol. The number of ether oxygens (including phenoxy) is 1. The minimum atomic E-state index is -3.53. The van der Waals surface area contributed by atoms with Crippen LogP contribution in [-0.2, 0) is 19.6 Å². The molecule has 17 heavy (non-hydrogen) atoms. The van der Waals surface area contributed by atoms with E-state index in [2.05, 4.69) is 18.6 Å². The zero-order valence-electron chi connectivity index (χ0n) is 10.6. The number of sulfonamides is 1. The maximum Gasteiger partial charge on any atom is 0.237 e. The van der Waals surface area contributed by atoms with E-state index in [4.69, 9.17) is 0 Å². The molecule has 0 saturated carbocycles. The predicted octanol–water partition coefficient (Wildman–Crippen LogP) is 0.858. The van der Waals surface area contributed by atoms with E-state index >= 15 is 0 Å². The zero-order valence-corrected chi connectivity index (χ0v) is 12.2.